The first-order valence-corrected chi connectivity index (χ1v) is 7.58. The van der Waals surface area contributed by atoms with Gasteiger partial charge in [-0.3, -0.25) is 0 Å². The highest BCUT2D eigenvalue weighted by Crippen LogP contribution is 2.22. The molecule has 0 bridgehead atoms. The Morgan fingerprint density at radius 1 is 0.739 bits per heavy atom. The first kappa shape index (κ1) is 15.0. The van der Waals surface area contributed by atoms with E-state index in [1.807, 2.05) is 68.4 Å². The highest BCUT2D eigenvalue weighted by Gasteiger charge is 2.09. The Balaban J connectivity index is 1.75. The molecule has 0 aliphatic rings. The summed E-state index contributed by atoms with van der Waals surface area (Å²) in [4.78, 5) is 12.2. The van der Waals surface area contributed by atoms with Gasteiger partial charge in [0.1, 0.15) is 5.75 Å². The van der Waals surface area contributed by atoms with Crippen LogP contribution in [-0.4, -0.2) is 5.97 Å². The molecule has 0 aromatic heterocycles. The zero-order chi connectivity index (χ0) is 16.2. The van der Waals surface area contributed by atoms with E-state index in [1.54, 1.807) is 6.07 Å². The largest absolute Gasteiger partial charge is 0.423 e. The molecule has 2 nitrogen and oxygen atoms in total. The minimum Gasteiger partial charge on any atom is -0.423 e. The number of carbonyl (C=O) groups is 1. The second kappa shape index (κ2) is 6.49. The fourth-order valence-corrected chi connectivity index (χ4v) is 2.38. The molecule has 0 unspecified atom stereocenters. The molecule has 0 atom stereocenters. The Hall–Kier alpha value is -2.87. The van der Waals surface area contributed by atoms with Crippen molar-refractivity contribution in [3.8, 4) is 16.9 Å². The van der Waals surface area contributed by atoms with E-state index in [9.17, 15) is 4.79 Å². The monoisotopic (exact) mass is 302 g/mol. The lowest BCUT2D eigenvalue weighted by molar-refractivity contribution is 0.0734. The molecule has 0 N–H and O–H groups in total. The molecule has 0 fully saturated rings. The lowest BCUT2D eigenvalue weighted by Gasteiger charge is -2.07. The Morgan fingerprint density at radius 2 is 1.39 bits per heavy atom. The predicted octanol–water partition coefficient (Wildman–Crippen LogP) is 5.19. The smallest absolute Gasteiger partial charge is 0.343 e. The molecule has 3 rings (SSSR count). The molecular formula is C21H18O2. The molecule has 114 valence electrons. The van der Waals surface area contributed by atoms with E-state index in [1.165, 1.54) is 0 Å². The molecule has 0 heterocycles. The fourth-order valence-electron chi connectivity index (χ4n) is 2.38. The highest BCUT2D eigenvalue weighted by atomic mass is 16.5. The van der Waals surface area contributed by atoms with Crippen LogP contribution >= 0.6 is 0 Å². The summed E-state index contributed by atoms with van der Waals surface area (Å²) in [6.45, 7) is 4.01. The minimum absolute atomic E-state index is 0.333. The highest BCUT2D eigenvalue weighted by molar-refractivity contribution is 5.91. The first-order valence-electron chi connectivity index (χ1n) is 7.58. The zero-order valence-corrected chi connectivity index (χ0v) is 13.2. The second-order valence-electron chi connectivity index (χ2n) is 5.58. The molecule has 0 saturated heterocycles. The molecular weight excluding hydrogens is 284 g/mol. The van der Waals surface area contributed by atoms with Gasteiger partial charge in [0.05, 0.1) is 5.56 Å². The van der Waals surface area contributed by atoms with E-state index >= 15 is 0 Å². The second-order valence-corrected chi connectivity index (χ2v) is 5.58. The van der Waals surface area contributed by atoms with Crippen molar-refractivity contribution in [3.05, 3.63) is 89.5 Å². The SMILES string of the molecule is Cc1ccc(C(=O)Oc2ccc(-c3ccccc3)cc2)cc1C. The summed E-state index contributed by atoms with van der Waals surface area (Å²) in [5.41, 5.74) is 5.05. The third-order valence-corrected chi connectivity index (χ3v) is 3.91. The van der Waals surface area contributed by atoms with E-state index in [0.29, 0.717) is 11.3 Å². The summed E-state index contributed by atoms with van der Waals surface area (Å²) in [7, 11) is 0. The van der Waals surface area contributed by atoms with Crippen LogP contribution in [0.1, 0.15) is 21.5 Å². The van der Waals surface area contributed by atoms with Gasteiger partial charge in [-0.1, -0.05) is 48.5 Å². The average Bonchev–Trinajstić information content (AvgIpc) is 2.59. The van der Waals surface area contributed by atoms with Crippen LogP contribution in [0.3, 0.4) is 0 Å². The van der Waals surface area contributed by atoms with Gasteiger partial charge < -0.3 is 4.74 Å². The topological polar surface area (TPSA) is 26.3 Å². The van der Waals surface area contributed by atoms with Crippen LogP contribution in [0.25, 0.3) is 11.1 Å². The number of ether oxygens (including phenoxy) is 1. The van der Waals surface area contributed by atoms with E-state index in [0.717, 1.165) is 22.3 Å². The van der Waals surface area contributed by atoms with Gasteiger partial charge in [-0.2, -0.15) is 0 Å². The van der Waals surface area contributed by atoms with Crippen molar-refractivity contribution >= 4 is 5.97 Å². The average molecular weight is 302 g/mol. The van der Waals surface area contributed by atoms with Crippen LogP contribution in [0.2, 0.25) is 0 Å². The van der Waals surface area contributed by atoms with Crippen LogP contribution < -0.4 is 4.74 Å². The van der Waals surface area contributed by atoms with Gasteiger partial charge in [-0.25, -0.2) is 4.79 Å². The molecule has 0 aliphatic carbocycles. The van der Waals surface area contributed by atoms with Crippen molar-refractivity contribution < 1.29 is 9.53 Å². The summed E-state index contributed by atoms with van der Waals surface area (Å²) in [5.74, 6) is 0.216. The number of benzene rings is 3. The van der Waals surface area contributed by atoms with E-state index < -0.39 is 0 Å². The van der Waals surface area contributed by atoms with E-state index in [4.69, 9.17) is 4.74 Å². The summed E-state index contributed by atoms with van der Waals surface area (Å²) >= 11 is 0. The summed E-state index contributed by atoms with van der Waals surface area (Å²) in [6.07, 6.45) is 0. The molecule has 3 aromatic carbocycles. The van der Waals surface area contributed by atoms with E-state index in [-0.39, 0.29) is 5.97 Å². The first-order chi connectivity index (χ1) is 11.1. The van der Waals surface area contributed by atoms with Crippen LogP contribution in [0.5, 0.6) is 5.75 Å². The van der Waals surface area contributed by atoms with Crippen molar-refractivity contribution in [2.24, 2.45) is 0 Å². The van der Waals surface area contributed by atoms with Crippen LogP contribution in [-0.2, 0) is 0 Å². The van der Waals surface area contributed by atoms with Gasteiger partial charge in [-0.05, 0) is 60.4 Å². The zero-order valence-electron chi connectivity index (χ0n) is 13.2. The molecule has 0 radical (unpaired) electrons. The number of carbonyl (C=O) groups excluding carboxylic acids is 1. The molecule has 23 heavy (non-hydrogen) atoms. The number of esters is 1. The molecule has 0 spiro atoms. The van der Waals surface area contributed by atoms with Crippen molar-refractivity contribution in [2.45, 2.75) is 13.8 Å². The Kier molecular flexibility index (Phi) is 4.24. The maximum Gasteiger partial charge on any atom is 0.343 e. The van der Waals surface area contributed by atoms with Crippen LogP contribution in [0.15, 0.2) is 72.8 Å². The summed E-state index contributed by atoms with van der Waals surface area (Å²) in [6, 6.07) is 23.2. The third kappa shape index (κ3) is 3.49. The lowest BCUT2D eigenvalue weighted by atomic mass is 10.1. The fraction of sp³-hybridized carbons (Fsp3) is 0.0952. The summed E-state index contributed by atoms with van der Waals surface area (Å²) in [5, 5.41) is 0. The van der Waals surface area contributed by atoms with Gasteiger partial charge in [0.2, 0.25) is 0 Å². The summed E-state index contributed by atoms with van der Waals surface area (Å²) < 4.78 is 5.45. The maximum atomic E-state index is 12.2. The Morgan fingerprint density at radius 3 is 2.04 bits per heavy atom. The number of hydrogen-bond donors (Lipinski definition) is 0. The molecule has 2 heteroatoms. The standard InChI is InChI=1S/C21H18O2/c1-15-8-9-19(14-16(15)2)21(22)23-20-12-10-18(11-13-20)17-6-4-3-5-7-17/h3-14H,1-2H3. The molecule has 0 saturated carbocycles. The number of rotatable bonds is 3. The van der Waals surface area contributed by atoms with Crippen molar-refractivity contribution in [1.29, 1.82) is 0 Å². The maximum absolute atomic E-state index is 12.2. The van der Waals surface area contributed by atoms with Crippen molar-refractivity contribution in [3.63, 3.8) is 0 Å². The van der Waals surface area contributed by atoms with Gasteiger partial charge in [0, 0.05) is 0 Å². The number of aryl methyl sites for hydroxylation is 2. The van der Waals surface area contributed by atoms with Gasteiger partial charge in [0.15, 0.2) is 0 Å². The molecule has 3 aromatic rings. The number of hydrogen-bond acceptors (Lipinski definition) is 2. The normalized spacial score (nSPS) is 10.3. The van der Waals surface area contributed by atoms with Crippen molar-refractivity contribution in [1.82, 2.24) is 0 Å². The van der Waals surface area contributed by atoms with E-state index in [2.05, 4.69) is 12.1 Å². The molecule has 0 amide bonds. The lowest BCUT2D eigenvalue weighted by Crippen LogP contribution is -2.08. The quantitative estimate of drug-likeness (QED) is 0.491. The Bertz CT molecular complexity index is 818. The van der Waals surface area contributed by atoms with Crippen LogP contribution in [0.4, 0.5) is 0 Å². The molecule has 0 aliphatic heterocycles. The minimum atomic E-state index is -0.333. The predicted molar refractivity (Wildman–Crippen MR) is 92.8 cm³/mol. The Labute approximate surface area is 136 Å². The van der Waals surface area contributed by atoms with Gasteiger partial charge in [-0.15, -0.1) is 0 Å². The van der Waals surface area contributed by atoms with Gasteiger partial charge in [0.25, 0.3) is 0 Å². The van der Waals surface area contributed by atoms with Crippen molar-refractivity contribution in [2.75, 3.05) is 0 Å². The van der Waals surface area contributed by atoms with Crippen LogP contribution in [0, 0.1) is 13.8 Å². The third-order valence-electron chi connectivity index (χ3n) is 3.91. The van der Waals surface area contributed by atoms with Gasteiger partial charge >= 0.3 is 5.97 Å².